The average Bonchev–Trinajstić information content (AvgIpc) is 3.21. The highest BCUT2D eigenvalue weighted by molar-refractivity contribution is 6.35. The van der Waals surface area contributed by atoms with Crippen molar-refractivity contribution in [3.63, 3.8) is 0 Å². The van der Waals surface area contributed by atoms with E-state index in [9.17, 15) is 9.18 Å². The summed E-state index contributed by atoms with van der Waals surface area (Å²) in [6, 6.07) is 3.58. The fourth-order valence-electron chi connectivity index (χ4n) is 4.87. The Hall–Kier alpha value is -3.00. The van der Waals surface area contributed by atoms with Crippen LogP contribution in [0.25, 0.3) is 27.7 Å². The summed E-state index contributed by atoms with van der Waals surface area (Å²) in [4.78, 5) is 16.4. The van der Waals surface area contributed by atoms with Gasteiger partial charge in [0.05, 0.1) is 28.9 Å². The van der Waals surface area contributed by atoms with Crippen molar-refractivity contribution < 1.29 is 13.6 Å². The molecule has 164 valence electrons. The van der Waals surface area contributed by atoms with Crippen molar-refractivity contribution in [2.45, 2.75) is 44.2 Å². The number of nitrogens with zero attached hydrogens (tertiary/aromatic N) is 3. The molecule has 0 radical (unpaired) electrons. The molecule has 4 aromatic rings. The molecule has 3 heterocycles. The van der Waals surface area contributed by atoms with Gasteiger partial charge in [-0.2, -0.15) is 5.10 Å². The van der Waals surface area contributed by atoms with Crippen LogP contribution < -0.4 is 5.32 Å². The number of aromatic nitrogens is 4. The molecular weight excluding hydrogens is 436 g/mol. The molecule has 0 spiro atoms. The number of hydrogen-bond donors (Lipinski definition) is 2. The Morgan fingerprint density at radius 1 is 1.25 bits per heavy atom. The number of carbonyl (C=O) groups is 1. The molecule has 0 aliphatic heterocycles. The van der Waals surface area contributed by atoms with Gasteiger partial charge in [0, 0.05) is 28.3 Å². The van der Waals surface area contributed by atoms with Gasteiger partial charge >= 0.3 is 0 Å². The molecule has 6 rings (SSSR count). The first-order chi connectivity index (χ1) is 15.5. The van der Waals surface area contributed by atoms with Crippen LogP contribution in [0.5, 0.6) is 0 Å². The normalized spacial score (nSPS) is 21.0. The van der Waals surface area contributed by atoms with Crippen LogP contribution in [0, 0.1) is 11.7 Å². The second-order valence-electron chi connectivity index (χ2n) is 8.71. The van der Waals surface area contributed by atoms with Gasteiger partial charge in [-0.3, -0.25) is 9.89 Å². The van der Waals surface area contributed by atoms with E-state index in [1.54, 1.807) is 29.1 Å². The number of alkyl halides is 1. The lowest BCUT2D eigenvalue weighted by Crippen LogP contribution is -2.15. The standard InChI is InChI=1S/C23H20ClF2N5O/c24-20-18(14-8-27-30-22(14)19(21(20)26)11-3-1-2-4-11)12-5-6-17-28-16(10-31(17)9-12)29-23(32)13-7-15(13)25/h5-6,8-11,13,15H,1-4,7H2,(H,27,30)(H,29,32)/t13-,15+/m1/s1. The molecule has 0 bridgehead atoms. The summed E-state index contributed by atoms with van der Waals surface area (Å²) >= 11 is 6.59. The Balaban J connectivity index is 1.42. The highest BCUT2D eigenvalue weighted by Gasteiger charge is 2.43. The van der Waals surface area contributed by atoms with Gasteiger partial charge in [0.15, 0.2) is 5.82 Å². The molecule has 32 heavy (non-hydrogen) atoms. The largest absolute Gasteiger partial charge is 0.309 e. The van der Waals surface area contributed by atoms with Crippen molar-refractivity contribution in [2.75, 3.05) is 5.32 Å². The molecule has 2 aliphatic rings. The van der Waals surface area contributed by atoms with Crippen LogP contribution in [0.1, 0.15) is 43.6 Å². The quantitative estimate of drug-likeness (QED) is 0.419. The topological polar surface area (TPSA) is 75.1 Å². The lowest BCUT2D eigenvalue weighted by atomic mass is 9.91. The molecule has 0 unspecified atom stereocenters. The molecule has 1 aromatic carbocycles. The van der Waals surface area contributed by atoms with Crippen LogP contribution in [0.4, 0.5) is 14.6 Å². The monoisotopic (exact) mass is 455 g/mol. The fourth-order valence-corrected chi connectivity index (χ4v) is 5.18. The minimum absolute atomic E-state index is 0.0801. The van der Waals surface area contributed by atoms with Gasteiger partial charge in [0.1, 0.15) is 17.6 Å². The highest BCUT2D eigenvalue weighted by atomic mass is 35.5. The third kappa shape index (κ3) is 3.08. The van der Waals surface area contributed by atoms with E-state index in [1.165, 1.54) is 0 Å². The SMILES string of the molecule is O=C(Nc1cn2cc(-c3c(Cl)c(F)c(C4CCCC4)c4[nH]ncc34)ccc2n1)[C@@H]1C[C@@H]1F. The first-order valence-corrected chi connectivity index (χ1v) is 11.2. The minimum Gasteiger partial charge on any atom is -0.309 e. The third-order valence-electron chi connectivity index (χ3n) is 6.63. The van der Waals surface area contributed by atoms with E-state index in [0.29, 0.717) is 33.7 Å². The summed E-state index contributed by atoms with van der Waals surface area (Å²) < 4.78 is 30.4. The summed E-state index contributed by atoms with van der Waals surface area (Å²) in [6.45, 7) is 0. The number of anilines is 1. The molecule has 2 fully saturated rings. The van der Waals surface area contributed by atoms with E-state index in [1.807, 2.05) is 6.07 Å². The van der Waals surface area contributed by atoms with Crippen molar-refractivity contribution in [1.29, 1.82) is 0 Å². The van der Waals surface area contributed by atoms with Gasteiger partial charge in [-0.15, -0.1) is 0 Å². The number of hydrogen-bond acceptors (Lipinski definition) is 3. The number of aromatic amines is 1. The number of amides is 1. The summed E-state index contributed by atoms with van der Waals surface area (Å²) in [5.74, 6) is -0.872. The lowest BCUT2D eigenvalue weighted by molar-refractivity contribution is -0.117. The maximum Gasteiger partial charge on any atom is 0.231 e. The van der Waals surface area contributed by atoms with Crippen molar-refractivity contribution in [1.82, 2.24) is 19.6 Å². The zero-order valence-corrected chi connectivity index (χ0v) is 17.8. The molecular formula is C23H20ClF2N5O. The maximum atomic E-state index is 15.5. The van der Waals surface area contributed by atoms with E-state index in [2.05, 4.69) is 20.5 Å². The number of fused-ring (bicyclic) bond motifs is 2. The Labute approximate surface area is 187 Å². The van der Waals surface area contributed by atoms with E-state index in [0.717, 1.165) is 31.1 Å². The predicted molar refractivity (Wildman–Crippen MR) is 118 cm³/mol. The van der Waals surface area contributed by atoms with Crippen LogP contribution in [0.2, 0.25) is 5.02 Å². The Morgan fingerprint density at radius 2 is 2.03 bits per heavy atom. The van der Waals surface area contributed by atoms with E-state index in [-0.39, 0.29) is 23.3 Å². The molecule has 2 N–H and O–H groups in total. The van der Waals surface area contributed by atoms with Crippen molar-refractivity contribution in [2.24, 2.45) is 5.92 Å². The number of imidazole rings is 1. The second-order valence-corrected chi connectivity index (χ2v) is 9.09. The summed E-state index contributed by atoms with van der Waals surface area (Å²) in [7, 11) is 0. The van der Waals surface area contributed by atoms with Crippen LogP contribution >= 0.6 is 11.6 Å². The van der Waals surface area contributed by atoms with Gasteiger partial charge in [0.25, 0.3) is 0 Å². The Kier molecular flexibility index (Phi) is 4.47. The summed E-state index contributed by atoms with van der Waals surface area (Å²) in [5, 5.41) is 10.7. The fraction of sp³-hybridized carbons (Fsp3) is 0.348. The molecule has 6 nitrogen and oxygen atoms in total. The summed E-state index contributed by atoms with van der Waals surface area (Å²) in [6.07, 6.45) is 8.36. The van der Waals surface area contributed by atoms with Gasteiger partial charge in [-0.25, -0.2) is 13.8 Å². The second kappa shape index (κ2) is 7.27. The van der Waals surface area contributed by atoms with Gasteiger partial charge in [-0.05, 0) is 37.3 Å². The minimum atomic E-state index is -1.07. The van der Waals surface area contributed by atoms with E-state index < -0.39 is 17.9 Å². The molecule has 2 saturated carbocycles. The molecule has 2 atom stereocenters. The predicted octanol–water partition coefficient (Wildman–Crippen LogP) is 5.62. The average molecular weight is 456 g/mol. The smallest absolute Gasteiger partial charge is 0.231 e. The summed E-state index contributed by atoms with van der Waals surface area (Å²) in [5.41, 5.74) is 3.18. The Morgan fingerprint density at radius 3 is 2.78 bits per heavy atom. The number of carbonyl (C=O) groups excluding carboxylic acids is 1. The molecule has 0 saturated heterocycles. The van der Waals surface area contributed by atoms with Crippen LogP contribution in [-0.2, 0) is 4.79 Å². The zero-order valence-electron chi connectivity index (χ0n) is 17.0. The third-order valence-corrected chi connectivity index (χ3v) is 6.99. The number of benzene rings is 1. The molecule has 3 aromatic heterocycles. The molecule has 1 amide bonds. The first-order valence-electron chi connectivity index (χ1n) is 10.8. The number of pyridine rings is 1. The highest BCUT2D eigenvalue weighted by Crippen LogP contribution is 2.45. The van der Waals surface area contributed by atoms with Gasteiger partial charge in [-0.1, -0.05) is 24.4 Å². The maximum absolute atomic E-state index is 15.5. The van der Waals surface area contributed by atoms with Crippen LogP contribution in [-0.4, -0.2) is 31.7 Å². The number of rotatable bonds is 4. The van der Waals surface area contributed by atoms with Crippen molar-refractivity contribution in [3.05, 3.63) is 47.1 Å². The van der Waals surface area contributed by atoms with Crippen LogP contribution in [0.15, 0.2) is 30.7 Å². The van der Waals surface area contributed by atoms with Gasteiger partial charge < -0.3 is 9.72 Å². The van der Waals surface area contributed by atoms with Crippen LogP contribution in [0.3, 0.4) is 0 Å². The first kappa shape index (κ1) is 19.7. The zero-order chi connectivity index (χ0) is 22.0. The lowest BCUT2D eigenvalue weighted by Gasteiger charge is -2.16. The molecule has 9 heteroatoms. The van der Waals surface area contributed by atoms with Crippen molar-refractivity contribution >= 4 is 39.9 Å². The van der Waals surface area contributed by atoms with E-state index >= 15 is 4.39 Å². The van der Waals surface area contributed by atoms with Gasteiger partial charge in [0.2, 0.25) is 5.91 Å². The molecule has 2 aliphatic carbocycles. The number of nitrogens with one attached hydrogen (secondary N) is 2. The Bertz CT molecular complexity index is 1370. The van der Waals surface area contributed by atoms with Crippen molar-refractivity contribution in [3.8, 4) is 11.1 Å². The van der Waals surface area contributed by atoms with E-state index in [4.69, 9.17) is 11.6 Å². The number of halogens is 3. The number of H-pyrrole nitrogens is 1.